The first-order valence-corrected chi connectivity index (χ1v) is 7.29. The Morgan fingerprint density at radius 3 is 2.58 bits per heavy atom. The van der Waals surface area contributed by atoms with Gasteiger partial charge in [0.05, 0.1) is 11.9 Å². The molecule has 0 aliphatic heterocycles. The van der Waals surface area contributed by atoms with E-state index in [2.05, 4.69) is 5.32 Å². The molecule has 0 radical (unpaired) electrons. The van der Waals surface area contributed by atoms with Crippen LogP contribution in [0.2, 0.25) is 0 Å². The van der Waals surface area contributed by atoms with Crippen molar-refractivity contribution in [3.05, 3.63) is 30.1 Å². The summed E-state index contributed by atoms with van der Waals surface area (Å²) in [5, 5.41) is 12.3. The number of nitrogens with one attached hydrogen (secondary N) is 1. The third-order valence-electron chi connectivity index (χ3n) is 2.46. The lowest BCUT2D eigenvalue weighted by molar-refractivity contribution is -0.119. The van der Waals surface area contributed by atoms with E-state index in [1.807, 2.05) is 13.8 Å². The minimum Gasteiger partial charge on any atom is -0.391 e. The van der Waals surface area contributed by atoms with Crippen molar-refractivity contribution in [3.8, 4) is 0 Å². The minimum atomic E-state index is -0.500. The summed E-state index contributed by atoms with van der Waals surface area (Å²) in [6.45, 7) is 4.33. The second kappa shape index (κ2) is 8.17. The number of benzene rings is 1. The summed E-state index contributed by atoms with van der Waals surface area (Å²) in [6.07, 6.45) is 0.172. The molecule has 0 bridgehead atoms. The Labute approximate surface area is 117 Å². The van der Waals surface area contributed by atoms with Gasteiger partial charge in [-0.05, 0) is 36.6 Å². The van der Waals surface area contributed by atoms with E-state index < -0.39 is 6.10 Å². The van der Waals surface area contributed by atoms with Crippen molar-refractivity contribution in [1.29, 1.82) is 0 Å². The van der Waals surface area contributed by atoms with Gasteiger partial charge in [-0.15, -0.1) is 11.8 Å². The second-order valence-electron chi connectivity index (χ2n) is 4.83. The van der Waals surface area contributed by atoms with Gasteiger partial charge in [0.25, 0.3) is 0 Å². The van der Waals surface area contributed by atoms with E-state index in [0.717, 1.165) is 4.90 Å². The lowest BCUT2D eigenvalue weighted by Gasteiger charge is -2.13. The largest absolute Gasteiger partial charge is 0.391 e. The molecular formula is C14H20FNO2S. The Balaban J connectivity index is 2.22. The van der Waals surface area contributed by atoms with Gasteiger partial charge in [0.2, 0.25) is 5.91 Å². The van der Waals surface area contributed by atoms with Crippen molar-refractivity contribution >= 4 is 17.7 Å². The van der Waals surface area contributed by atoms with Gasteiger partial charge in [-0.3, -0.25) is 4.79 Å². The second-order valence-corrected chi connectivity index (χ2v) is 5.88. The van der Waals surface area contributed by atoms with E-state index in [1.165, 1.54) is 23.9 Å². The van der Waals surface area contributed by atoms with E-state index in [0.29, 0.717) is 12.3 Å². The average molecular weight is 285 g/mol. The van der Waals surface area contributed by atoms with Crippen molar-refractivity contribution in [2.75, 3.05) is 12.3 Å². The van der Waals surface area contributed by atoms with Gasteiger partial charge < -0.3 is 10.4 Å². The number of hydrogen-bond donors (Lipinski definition) is 2. The van der Waals surface area contributed by atoms with Crippen LogP contribution in [-0.4, -0.2) is 29.4 Å². The SMILES string of the molecule is CC(C)CC(O)CNC(=O)CSc1ccc(F)cc1. The third kappa shape index (κ3) is 7.18. The molecule has 0 fully saturated rings. The van der Waals surface area contributed by atoms with E-state index in [1.54, 1.807) is 12.1 Å². The average Bonchev–Trinajstić information content (AvgIpc) is 2.35. The van der Waals surface area contributed by atoms with Crippen LogP contribution in [0.25, 0.3) is 0 Å². The first kappa shape index (κ1) is 16.0. The van der Waals surface area contributed by atoms with Gasteiger partial charge in [0.1, 0.15) is 5.82 Å². The van der Waals surface area contributed by atoms with E-state index in [-0.39, 0.29) is 24.0 Å². The lowest BCUT2D eigenvalue weighted by Crippen LogP contribution is -2.33. The molecule has 1 amide bonds. The highest BCUT2D eigenvalue weighted by Gasteiger charge is 2.09. The molecule has 19 heavy (non-hydrogen) atoms. The zero-order chi connectivity index (χ0) is 14.3. The summed E-state index contributed by atoms with van der Waals surface area (Å²) in [7, 11) is 0. The molecular weight excluding hydrogens is 265 g/mol. The van der Waals surface area contributed by atoms with Crippen molar-refractivity contribution in [3.63, 3.8) is 0 Å². The molecule has 0 aliphatic carbocycles. The lowest BCUT2D eigenvalue weighted by atomic mass is 10.1. The molecule has 3 nitrogen and oxygen atoms in total. The topological polar surface area (TPSA) is 49.3 Å². The highest BCUT2D eigenvalue weighted by Crippen LogP contribution is 2.17. The fraction of sp³-hybridized carbons (Fsp3) is 0.500. The van der Waals surface area contributed by atoms with Gasteiger partial charge in [0.15, 0.2) is 0 Å². The first-order chi connectivity index (χ1) is 8.97. The van der Waals surface area contributed by atoms with E-state index >= 15 is 0 Å². The van der Waals surface area contributed by atoms with Gasteiger partial charge in [-0.2, -0.15) is 0 Å². The molecule has 106 valence electrons. The Morgan fingerprint density at radius 2 is 2.00 bits per heavy atom. The number of aliphatic hydroxyl groups is 1. The Bertz CT molecular complexity index is 395. The van der Waals surface area contributed by atoms with Crippen LogP contribution in [0, 0.1) is 11.7 Å². The van der Waals surface area contributed by atoms with Crippen molar-refractivity contribution in [2.24, 2.45) is 5.92 Å². The van der Waals surface area contributed by atoms with E-state index in [4.69, 9.17) is 0 Å². The van der Waals surface area contributed by atoms with Crippen LogP contribution in [0.3, 0.4) is 0 Å². The van der Waals surface area contributed by atoms with Crippen LogP contribution >= 0.6 is 11.8 Å². The molecule has 0 spiro atoms. The fourth-order valence-electron chi connectivity index (χ4n) is 1.59. The monoisotopic (exact) mass is 285 g/mol. The molecule has 0 saturated carbocycles. The molecule has 1 unspecified atom stereocenters. The van der Waals surface area contributed by atoms with Gasteiger partial charge in [-0.25, -0.2) is 4.39 Å². The standard InChI is InChI=1S/C14H20FNO2S/c1-10(2)7-12(17)8-16-14(18)9-19-13-5-3-11(15)4-6-13/h3-6,10,12,17H,7-9H2,1-2H3,(H,16,18). The third-order valence-corrected chi connectivity index (χ3v) is 3.47. The molecule has 0 heterocycles. The zero-order valence-corrected chi connectivity index (χ0v) is 12.0. The smallest absolute Gasteiger partial charge is 0.230 e. The summed E-state index contributed by atoms with van der Waals surface area (Å²) in [4.78, 5) is 12.4. The Morgan fingerprint density at radius 1 is 1.37 bits per heavy atom. The van der Waals surface area contributed by atoms with Gasteiger partial charge in [-0.1, -0.05) is 13.8 Å². The number of carbonyl (C=O) groups is 1. The minimum absolute atomic E-state index is 0.128. The van der Waals surface area contributed by atoms with Crippen molar-refractivity contribution < 1.29 is 14.3 Å². The molecule has 1 aromatic rings. The molecule has 1 aromatic carbocycles. The molecule has 1 atom stereocenters. The summed E-state index contributed by atoms with van der Waals surface area (Å²) in [5.41, 5.74) is 0. The molecule has 0 aromatic heterocycles. The summed E-state index contributed by atoms with van der Waals surface area (Å²) < 4.78 is 12.7. The number of hydrogen-bond acceptors (Lipinski definition) is 3. The predicted molar refractivity (Wildman–Crippen MR) is 75.6 cm³/mol. The normalized spacial score (nSPS) is 12.5. The quantitative estimate of drug-likeness (QED) is 0.757. The number of amides is 1. The van der Waals surface area contributed by atoms with Crippen molar-refractivity contribution in [2.45, 2.75) is 31.3 Å². The van der Waals surface area contributed by atoms with Gasteiger partial charge in [0, 0.05) is 11.4 Å². The number of halogens is 1. The highest BCUT2D eigenvalue weighted by atomic mass is 32.2. The summed E-state index contributed by atoms with van der Waals surface area (Å²) in [5.74, 6) is 0.253. The van der Waals surface area contributed by atoms with Crippen LogP contribution in [0.1, 0.15) is 20.3 Å². The molecule has 0 aliphatic rings. The van der Waals surface area contributed by atoms with Crippen LogP contribution in [-0.2, 0) is 4.79 Å². The predicted octanol–water partition coefficient (Wildman–Crippen LogP) is 2.44. The number of aliphatic hydroxyl groups excluding tert-OH is 1. The van der Waals surface area contributed by atoms with Crippen LogP contribution in [0.5, 0.6) is 0 Å². The molecule has 5 heteroatoms. The Kier molecular flexibility index (Phi) is 6.87. The number of thioether (sulfide) groups is 1. The van der Waals surface area contributed by atoms with Gasteiger partial charge >= 0.3 is 0 Å². The maximum atomic E-state index is 12.7. The number of carbonyl (C=O) groups excluding carboxylic acids is 1. The maximum Gasteiger partial charge on any atom is 0.230 e. The number of rotatable bonds is 7. The fourth-order valence-corrected chi connectivity index (χ4v) is 2.32. The molecule has 1 rings (SSSR count). The van der Waals surface area contributed by atoms with Crippen LogP contribution in [0.4, 0.5) is 4.39 Å². The summed E-state index contributed by atoms with van der Waals surface area (Å²) >= 11 is 1.34. The van der Waals surface area contributed by atoms with Crippen LogP contribution < -0.4 is 5.32 Å². The van der Waals surface area contributed by atoms with Crippen molar-refractivity contribution in [1.82, 2.24) is 5.32 Å². The van der Waals surface area contributed by atoms with E-state index in [9.17, 15) is 14.3 Å². The molecule has 0 saturated heterocycles. The summed E-state index contributed by atoms with van der Waals surface area (Å²) in [6, 6.07) is 6.01. The molecule has 2 N–H and O–H groups in total. The first-order valence-electron chi connectivity index (χ1n) is 6.30. The maximum absolute atomic E-state index is 12.7. The highest BCUT2D eigenvalue weighted by molar-refractivity contribution is 8.00. The Hall–Kier alpha value is -1.07. The van der Waals surface area contributed by atoms with Crippen LogP contribution in [0.15, 0.2) is 29.2 Å². The zero-order valence-electron chi connectivity index (χ0n) is 11.2.